The monoisotopic (exact) mass is 385 g/mol. The van der Waals surface area contributed by atoms with Crippen LogP contribution in [-0.4, -0.2) is 23.3 Å². The van der Waals surface area contributed by atoms with Crippen LogP contribution in [0.4, 0.5) is 19.0 Å². The van der Waals surface area contributed by atoms with E-state index >= 15 is 0 Å². The third-order valence-corrected chi connectivity index (χ3v) is 4.55. The van der Waals surface area contributed by atoms with Crippen molar-refractivity contribution in [2.75, 3.05) is 18.0 Å². The van der Waals surface area contributed by atoms with Gasteiger partial charge in [0.25, 0.3) is 0 Å². The fourth-order valence-corrected chi connectivity index (χ4v) is 3.10. The Kier molecular flexibility index (Phi) is 4.57. The molecular weight excluding hydrogens is 371 g/mol. The van der Waals surface area contributed by atoms with Gasteiger partial charge in [-0.2, -0.15) is 13.2 Å². The van der Waals surface area contributed by atoms with Crippen molar-refractivity contribution in [3.63, 3.8) is 0 Å². The predicted molar refractivity (Wildman–Crippen MR) is 85.4 cm³/mol. The summed E-state index contributed by atoms with van der Waals surface area (Å²) in [5.74, 6) is 0.952. The first-order valence-corrected chi connectivity index (χ1v) is 8.14. The summed E-state index contributed by atoms with van der Waals surface area (Å²) < 4.78 is 39.2. The first-order valence-electron chi connectivity index (χ1n) is 7.35. The standard InChI is InChI=1S/C16H15BrF3N3/c17-14-4-5-15(22-21-14)23-8-6-11(7-9-23)12-2-1-3-13(10-12)16(18,19)20/h1-5,10-11H,6-9H2. The van der Waals surface area contributed by atoms with Crippen LogP contribution < -0.4 is 4.90 Å². The lowest BCUT2D eigenvalue weighted by Gasteiger charge is -2.32. The van der Waals surface area contributed by atoms with E-state index in [1.54, 1.807) is 6.07 Å². The average Bonchev–Trinajstić information content (AvgIpc) is 2.55. The Morgan fingerprint density at radius 1 is 1.04 bits per heavy atom. The van der Waals surface area contributed by atoms with Gasteiger partial charge in [-0.1, -0.05) is 18.2 Å². The topological polar surface area (TPSA) is 29.0 Å². The number of hydrogen-bond acceptors (Lipinski definition) is 3. The van der Waals surface area contributed by atoms with E-state index in [1.807, 2.05) is 12.1 Å². The minimum Gasteiger partial charge on any atom is -0.355 e. The van der Waals surface area contributed by atoms with Crippen molar-refractivity contribution < 1.29 is 13.2 Å². The lowest BCUT2D eigenvalue weighted by Crippen LogP contribution is -2.33. The molecule has 2 aromatic rings. The van der Waals surface area contributed by atoms with Crippen molar-refractivity contribution in [2.45, 2.75) is 24.9 Å². The highest BCUT2D eigenvalue weighted by atomic mass is 79.9. The van der Waals surface area contributed by atoms with Gasteiger partial charge in [0.15, 0.2) is 5.82 Å². The van der Waals surface area contributed by atoms with Gasteiger partial charge in [0.1, 0.15) is 4.60 Å². The summed E-state index contributed by atoms with van der Waals surface area (Å²) >= 11 is 3.25. The van der Waals surface area contributed by atoms with Crippen LogP contribution in [0.5, 0.6) is 0 Å². The van der Waals surface area contributed by atoms with Crippen LogP contribution in [0.25, 0.3) is 0 Å². The van der Waals surface area contributed by atoms with E-state index in [-0.39, 0.29) is 5.92 Å². The molecule has 0 N–H and O–H groups in total. The molecule has 0 unspecified atom stereocenters. The van der Waals surface area contributed by atoms with Crippen LogP contribution >= 0.6 is 15.9 Å². The molecule has 1 aromatic heterocycles. The van der Waals surface area contributed by atoms with Crippen molar-refractivity contribution in [2.24, 2.45) is 0 Å². The number of anilines is 1. The van der Waals surface area contributed by atoms with Crippen molar-refractivity contribution in [1.82, 2.24) is 10.2 Å². The van der Waals surface area contributed by atoms with E-state index < -0.39 is 11.7 Å². The van der Waals surface area contributed by atoms with Crippen molar-refractivity contribution in [3.8, 4) is 0 Å². The van der Waals surface area contributed by atoms with Crippen LogP contribution in [0.15, 0.2) is 41.0 Å². The molecule has 7 heteroatoms. The number of alkyl halides is 3. The average molecular weight is 386 g/mol. The van der Waals surface area contributed by atoms with E-state index in [9.17, 15) is 13.2 Å². The van der Waals surface area contributed by atoms with Gasteiger partial charge in [0, 0.05) is 13.1 Å². The smallest absolute Gasteiger partial charge is 0.355 e. The zero-order valence-corrected chi connectivity index (χ0v) is 13.8. The normalized spacial score (nSPS) is 16.6. The lowest BCUT2D eigenvalue weighted by molar-refractivity contribution is -0.137. The molecule has 1 saturated heterocycles. The van der Waals surface area contributed by atoms with Gasteiger partial charge < -0.3 is 4.90 Å². The highest BCUT2D eigenvalue weighted by Gasteiger charge is 2.31. The number of piperidine rings is 1. The van der Waals surface area contributed by atoms with Gasteiger partial charge in [-0.3, -0.25) is 0 Å². The number of hydrogen-bond donors (Lipinski definition) is 0. The van der Waals surface area contributed by atoms with E-state index in [2.05, 4.69) is 31.0 Å². The summed E-state index contributed by atoms with van der Waals surface area (Å²) in [4.78, 5) is 2.11. The fraction of sp³-hybridized carbons (Fsp3) is 0.375. The van der Waals surface area contributed by atoms with Crippen LogP contribution in [0.2, 0.25) is 0 Å². The second kappa shape index (κ2) is 6.47. The quantitative estimate of drug-likeness (QED) is 0.753. The molecule has 0 atom stereocenters. The molecule has 0 bridgehead atoms. The van der Waals surface area contributed by atoms with Gasteiger partial charge in [-0.05, 0) is 58.5 Å². The predicted octanol–water partition coefficient (Wildman–Crippen LogP) is 4.64. The minimum atomic E-state index is -4.29. The number of nitrogens with zero attached hydrogens (tertiary/aromatic N) is 3. The minimum absolute atomic E-state index is 0.150. The van der Waals surface area contributed by atoms with Crippen LogP contribution in [0.1, 0.15) is 29.9 Å². The van der Waals surface area contributed by atoms with Crippen molar-refractivity contribution in [1.29, 1.82) is 0 Å². The van der Waals surface area contributed by atoms with Crippen LogP contribution in [0.3, 0.4) is 0 Å². The van der Waals surface area contributed by atoms with Gasteiger partial charge in [0.2, 0.25) is 0 Å². The third kappa shape index (κ3) is 3.83. The van der Waals surface area contributed by atoms with E-state index in [4.69, 9.17) is 0 Å². The largest absolute Gasteiger partial charge is 0.416 e. The molecule has 0 saturated carbocycles. The Bertz CT molecular complexity index is 665. The highest BCUT2D eigenvalue weighted by molar-refractivity contribution is 9.10. The number of halogens is 4. The maximum Gasteiger partial charge on any atom is 0.416 e. The molecular formula is C16H15BrF3N3. The first kappa shape index (κ1) is 16.2. The summed E-state index contributed by atoms with van der Waals surface area (Å²) in [6, 6.07) is 9.40. The molecule has 2 heterocycles. The Morgan fingerprint density at radius 3 is 2.39 bits per heavy atom. The first-order chi connectivity index (χ1) is 10.9. The molecule has 1 aliphatic heterocycles. The molecule has 122 valence electrons. The molecule has 0 amide bonds. The molecule has 0 radical (unpaired) electrons. The summed E-state index contributed by atoms with van der Waals surface area (Å²) in [6.45, 7) is 1.52. The molecule has 23 heavy (non-hydrogen) atoms. The van der Waals surface area contributed by atoms with Crippen LogP contribution in [-0.2, 0) is 6.18 Å². The molecule has 0 spiro atoms. The zero-order chi connectivity index (χ0) is 16.4. The van der Waals surface area contributed by atoms with Gasteiger partial charge in [-0.25, -0.2) is 0 Å². The molecule has 0 aliphatic carbocycles. The molecule has 1 fully saturated rings. The molecule has 3 rings (SSSR count). The van der Waals surface area contributed by atoms with Gasteiger partial charge >= 0.3 is 6.18 Å². The SMILES string of the molecule is FC(F)(F)c1cccc(C2CCN(c3ccc(Br)nn3)CC2)c1. The second-order valence-electron chi connectivity index (χ2n) is 5.60. The maximum atomic E-state index is 12.8. The Balaban J connectivity index is 1.68. The Morgan fingerprint density at radius 2 is 1.78 bits per heavy atom. The zero-order valence-electron chi connectivity index (χ0n) is 12.2. The van der Waals surface area contributed by atoms with Gasteiger partial charge in [-0.15, -0.1) is 10.2 Å². The van der Waals surface area contributed by atoms with Crippen LogP contribution in [0, 0.1) is 0 Å². The number of aromatic nitrogens is 2. The van der Waals surface area contributed by atoms with E-state index in [1.165, 1.54) is 12.1 Å². The second-order valence-corrected chi connectivity index (χ2v) is 6.41. The molecule has 3 nitrogen and oxygen atoms in total. The highest BCUT2D eigenvalue weighted by Crippen LogP contribution is 2.34. The van der Waals surface area contributed by atoms with E-state index in [0.717, 1.165) is 43.4 Å². The third-order valence-electron chi connectivity index (χ3n) is 4.12. The Labute approximate surface area is 140 Å². The molecule has 1 aromatic carbocycles. The van der Waals surface area contributed by atoms with E-state index in [0.29, 0.717) is 4.60 Å². The Hall–Kier alpha value is -1.63. The van der Waals surface area contributed by atoms with Crippen molar-refractivity contribution >= 4 is 21.7 Å². The van der Waals surface area contributed by atoms with Crippen molar-refractivity contribution in [3.05, 3.63) is 52.1 Å². The summed E-state index contributed by atoms with van der Waals surface area (Å²) in [5, 5.41) is 8.10. The summed E-state index contributed by atoms with van der Waals surface area (Å²) in [7, 11) is 0. The fourth-order valence-electron chi connectivity index (χ4n) is 2.89. The maximum absolute atomic E-state index is 12.8. The lowest BCUT2D eigenvalue weighted by atomic mass is 9.88. The van der Waals surface area contributed by atoms with Gasteiger partial charge in [0.05, 0.1) is 5.56 Å². The number of benzene rings is 1. The number of rotatable bonds is 2. The summed E-state index contributed by atoms with van der Waals surface area (Å²) in [6.07, 6.45) is -2.68. The summed E-state index contributed by atoms with van der Waals surface area (Å²) in [5.41, 5.74) is 0.192. The molecule has 1 aliphatic rings.